The second-order valence-corrected chi connectivity index (χ2v) is 25.1. The molecule has 0 radical (unpaired) electrons. The van der Waals surface area contributed by atoms with Gasteiger partial charge in [0.25, 0.3) is 0 Å². The van der Waals surface area contributed by atoms with Crippen molar-refractivity contribution in [2.24, 2.45) is 94.2 Å². The smallest absolute Gasteiger partial charge is 0.0142 e. The number of fused-ring (bicyclic) bond motifs is 13. The van der Waals surface area contributed by atoms with Crippen molar-refractivity contribution in [1.29, 1.82) is 0 Å². The summed E-state index contributed by atoms with van der Waals surface area (Å²) in [5.41, 5.74) is 6.93. The summed E-state index contributed by atoms with van der Waals surface area (Å²) in [5, 5.41) is 0. The van der Waals surface area contributed by atoms with Crippen LogP contribution in [0.15, 0.2) is 47.1 Å². The fraction of sp³-hybridized carbons (Fsp3) is 0.864. The Bertz CT molecular complexity index is 1700. The summed E-state index contributed by atoms with van der Waals surface area (Å²) in [6.45, 7) is 0. The highest BCUT2D eigenvalue weighted by Crippen LogP contribution is 2.79. The van der Waals surface area contributed by atoms with Gasteiger partial charge in [-0.2, -0.15) is 0 Å². The van der Waals surface area contributed by atoms with Crippen LogP contribution in [0.1, 0.15) is 205 Å². The molecule has 60 heavy (non-hydrogen) atoms. The Hall–Kier alpha value is -1.08. The normalized spacial score (nSPS) is 51.1. The second-order valence-electron chi connectivity index (χ2n) is 25.1. The van der Waals surface area contributed by atoms with Crippen LogP contribution >= 0.6 is 0 Å². The molecule has 13 rings (SSSR count). The van der Waals surface area contributed by atoms with E-state index in [-0.39, 0.29) is 0 Å². The van der Waals surface area contributed by atoms with Crippen molar-refractivity contribution in [2.45, 2.75) is 224 Å². The van der Waals surface area contributed by atoms with Gasteiger partial charge in [-0.25, -0.2) is 0 Å². The van der Waals surface area contributed by atoms with E-state index in [1.165, 1.54) is 135 Å². The maximum absolute atomic E-state index is 3.39. The molecule has 0 bridgehead atoms. The number of nitrogens with zero attached hydrogens (tertiary/aromatic N) is 1. The summed E-state index contributed by atoms with van der Waals surface area (Å²) in [5.74, 6) is 15.4. The van der Waals surface area contributed by atoms with Crippen LogP contribution in [0.2, 0.25) is 0 Å². The molecule has 328 valence electrons. The minimum Gasteiger partial charge on any atom is -0.294 e. The maximum Gasteiger partial charge on any atom is 0.0142 e. The third-order valence-electron chi connectivity index (χ3n) is 23.5. The number of allylic oxidation sites excluding steroid dienone is 6. The summed E-state index contributed by atoms with van der Waals surface area (Å²) < 4.78 is 0. The Morgan fingerprint density at radius 2 is 1.28 bits per heavy atom. The summed E-state index contributed by atoms with van der Waals surface area (Å²) in [4.78, 5) is 3.39. The van der Waals surface area contributed by atoms with E-state index in [4.69, 9.17) is 0 Å². The van der Waals surface area contributed by atoms with Crippen molar-refractivity contribution >= 4 is 0 Å². The molecule has 8 saturated carbocycles. The lowest BCUT2D eigenvalue weighted by Crippen LogP contribution is -2.52. The molecule has 8 fully saturated rings. The second kappa shape index (κ2) is 16.1. The first-order chi connectivity index (χ1) is 29.8. The Balaban J connectivity index is 0.847. The zero-order chi connectivity index (χ0) is 39.4. The van der Waals surface area contributed by atoms with Crippen LogP contribution in [0.3, 0.4) is 0 Å². The van der Waals surface area contributed by atoms with E-state index >= 15 is 0 Å². The van der Waals surface area contributed by atoms with Crippen LogP contribution in [0.4, 0.5) is 0 Å². The van der Waals surface area contributed by atoms with Gasteiger partial charge in [0.15, 0.2) is 0 Å². The van der Waals surface area contributed by atoms with Crippen molar-refractivity contribution in [3.05, 3.63) is 47.1 Å². The minimum absolute atomic E-state index is 0.612. The van der Waals surface area contributed by atoms with E-state index in [1.807, 2.05) is 5.57 Å². The molecular weight excluding hydrogens is 723 g/mol. The Morgan fingerprint density at radius 3 is 2.13 bits per heavy atom. The van der Waals surface area contributed by atoms with Gasteiger partial charge in [0.1, 0.15) is 0 Å². The first-order valence-corrected chi connectivity index (χ1v) is 28.3. The van der Waals surface area contributed by atoms with Crippen molar-refractivity contribution in [2.75, 3.05) is 0 Å². The van der Waals surface area contributed by atoms with E-state index in [0.29, 0.717) is 5.41 Å². The monoisotopic (exact) mass is 810 g/mol. The van der Waals surface area contributed by atoms with E-state index in [9.17, 15) is 0 Å². The molecule has 1 heteroatoms. The quantitative estimate of drug-likeness (QED) is 0.250. The fourth-order valence-electron chi connectivity index (χ4n) is 22.0. The predicted molar refractivity (Wildman–Crippen MR) is 249 cm³/mol. The van der Waals surface area contributed by atoms with Gasteiger partial charge in [-0.05, 0) is 243 Å². The molecule has 13 aliphatic rings. The van der Waals surface area contributed by atoms with Crippen LogP contribution in [0, 0.1) is 94.2 Å². The van der Waals surface area contributed by atoms with Crippen LogP contribution in [-0.4, -0.2) is 23.0 Å². The van der Waals surface area contributed by atoms with Crippen molar-refractivity contribution in [3.8, 4) is 0 Å². The highest BCUT2D eigenvalue weighted by molar-refractivity contribution is 5.42. The van der Waals surface area contributed by atoms with Gasteiger partial charge < -0.3 is 0 Å². The van der Waals surface area contributed by atoms with Crippen LogP contribution in [0.5, 0.6) is 0 Å². The molecule has 16 unspecified atom stereocenters. The van der Waals surface area contributed by atoms with E-state index < -0.39 is 0 Å². The summed E-state index contributed by atoms with van der Waals surface area (Å²) >= 11 is 0. The fourth-order valence-corrected chi connectivity index (χ4v) is 22.0. The van der Waals surface area contributed by atoms with Crippen LogP contribution < -0.4 is 0 Å². The Kier molecular flexibility index (Phi) is 10.6. The molecule has 0 amide bonds. The van der Waals surface area contributed by atoms with Crippen LogP contribution in [-0.2, 0) is 0 Å². The largest absolute Gasteiger partial charge is 0.294 e. The van der Waals surface area contributed by atoms with E-state index in [1.54, 1.807) is 70.6 Å². The molecule has 0 N–H and O–H groups in total. The average molecular weight is 810 g/mol. The lowest BCUT2D eigenvalue weighted by Gasteiger charge is -2.55. The number of rotatable bonds is 5. The summed E-state index contributed by atoms with van der Waals surface area (Å²) in [7, 11) is 0. The van der Waals surface area contributed by atoms with E-state index in [0.717, 1.165) is 107 Å². The van der Waals surface area contributed by atoms with E-state index in [2.05, 4.69) is 46.4 Å². The maximum atomic E-state index is 3.39. The van der Waals surface area contributed by atoms with Gasteiger partial charge in [-0.3, -0.25) is 4.90 Å². The average Bonchev–Trinajstić information content (AvgIpc) is 3.92. The molecule has 1 spiro atoms. The first-order valence-electron chi connectivity index (χ1n) is 28.3. The lowest BCUT2D eigenvalue weighted by atomic mass is 9.50. The molecule has 1 nitrogen and oxygen atoms in total. The van der Waals surface area contributed by atoms with Crippen molar-refractivity contribution < 1.29 is 0 Å². The van der Waals surface area contributed by atoms with Gasteiger partial charge >= 0.3 is 0 Å². The van der Waals surface area contributed by atoms with Gasteiger partial charge in [0.2, 0.25) is 0 Å². The SMILES string of the molecule is C1=CC(C2CCC(N(C3CC=C(C4CCCCC4)CC3)C3CCC4=C(C3)C3CCCCC3C43C4CCCCC4C4C5CCCC6C7C=CCCC7C(CC43)C65)CC2)CCC1. The third-order valence-corrected chi connectivity index (χ3v) is 23.5. The first kappa shape index (κ1) is 39.3. The van der Waals surface area contributed by atoms with Gasteiger partial charge in [-0.15, -0.1) is 0 Å². The molecule has 0 aromatic heterocycles. The molecule has 16 atom stereocenters. The highest BCUT2D eigenvalue weighted by Gasteiger charge is 2.73. The lowest BCUT2D eigenvalue weighted by molar-refractivity contribution is -0.0457. The number of hydrogen-bond donors (Lipinski definition) is 0. The minimum atomic E-state index is 0.612. The third kappa shape index (κ3) is 6.09. The molecule has 0 aromatic rings. The van der Waals surface area contributed by atoms with Gasteiger partial charge in [-0.1, -0.05) is 98.5 Å². The number of hydrogen-bond acceptors (Lipinski definition) is 1. The van der Waals surface area contributed by atoms with Gasteiger partial charge in [0, 0.05) is 23.5 Å². The summed E-state index contributed by atoms with van der Waals surface area (Å²) in [6.07, 6.45) is 62.1. The van der Waals surface area contributed by atoms with Crippen molar-refractivity contribution in [3.63, 3.8) is 0 Å². The Labute approximate surface area is 368 Å². The molecule has 0 saturated heterocycles. The topological polar surface area (TPSA) is 3.24 Å². The summed E-state index contributed by atoms with van der Waals surface area (Å²) in [6, 6.07) is 2.48. The molecular formula is C59H87N. The molecule has 0 aromatic carbocycles. The van der Waals surface area contributed by atoms with Crippen molar-refractivity contribution in [1.82, 2.24) is 4.90 Å². The Morgan fingerprint density at radius 1 is 0.500 bits per heavy atom. The predicted octanol–water partition coefficient (Wildman–Crippen LogP) is 15.6. The van der Waals surface area contributed by atoms with Gasteiger partial charge in [0.05, 0.1) is 0 Å². The standard InChI is InChI=1S/C59H87N/c1-3-14-38(15-4-1)40-26-30-42(31-27-40)60(43-32-28-41(29-33-43)39-16-5-2-6-17-39)44-34-35-55-51(36-44)47-20-9-11-24-53(47)59(55)54-25-12-10-21-49(54)58-50-23-13-22-48-45-18-7-8-19-46(45)52(57(48)50)37-56(58)59/h3,7,14,18,28,38-40,42-50,52-54,56-58H,1-2,4-6,8-13,15-17,19-27,29-37H2. The zero-order valence-electron chi connectivity index (χ0n) is 38.4. The zero-order valence-corrected chi connectivity index (χ0v) is 38.4. The molecule has 13 aliphatic carbocycles. The molecule has 0 aliphatic heterocycles. The highest BCUT2D eigenvalue weighted by atomic mass is 15.2. The molecule has 0 heterocycles. The van der Waals surface area contributed by atoms with Crippen LogP contribution in [0.25, 0.3) is 0 Å².